The highest BCUT2D eigenvalue weighted by Crippen LogP contribution is 2.33. The maximum absolute atomic E-state index is 12.0. The Morgan fingerprint density at radius 1 is 1.18 bits per heavy atom. The number of benzene rings is 1. The maximum Gasteiger partial charge on any atom is 0.363 e. The molecule has 1 aromatic heterocycles. The average molecular weight is 315 g/mol. The van der Waals surface area contributed by atoms with Gasteiger partial charge in [-0.15, -0.1) is 11.3 Å². The van der Waals surface area contributed by atoms with Crippen molar-refractivity contribution in [3.05, 3.63) is 51.8 Å². The Morgan fingerprint density at radius 2 is 2.05 bits per heavy atom. The topological polar surface area (TPSA) is 57.1 Å². The highest BCUT2D eigenvalue weighted by atomic mass is 32.1. The number of ether oxygens (including phenoxy) is 3. The molecule has 0 unspecified atom stereocenters. The van der Waals surface area contributed by atoms with E-state index in [1.54, 1.807) is 26.4 Å². The molecule has 0 bridgehead atoms. The van der Waals surface area contributed by atoms with Gasteiger partial charge < -0.3 is 14.2 Å². The number of cyclic esters (lactones) is 1. The summed E-state index contributed by atoms with van der Waals surface area (Å²) in [6.07, 6.45) is 1.63. The molecule has 22 heavy (non-hydrogen) atoms. The number of carbonyl (C=O) groups is 1. The average Bonchev–Trinajstić information content (AvgIpc) is 3.17. The van der Waals surface area contributed by atoms with Crippen LogP contribution in [0.2, 0.25) is 0 Å². The molecule has 0 spiro atoms. The van der Waals surface area contributed by atoms with Gasteiger partial charge in [-0.05, 0) is 23.6 Å². The van der Waals surface area contributed by atoms with Crippen molar-refractivity contribution < 1.29 is 19.0 Å². The highest BCUT2D eigenvalue weighted by Gasteiger charge is 2.25. The number of nitrogens with zero attached hydrogens (tertiary/aromatic N) is 1. The second kappa shape index (κ2) is 6.03. The van der Waals surface area contributed by atoms with Crippen LogP contribution in [0.25, 0.3) is 6.08 Å². The fourth-order valence-corrected chi connectivity index (χ4v) is 2.74. The number of aliphatic imine (C=N–C) groups is 1. The lowest BCUT2D eigenvalue weighted by atomic mass is 10.1. The Kier molecular flexibility index (Phi) is 3.93. The Morgan fingerprint density at radius 3 is 2.73 bits per heavy atom. The van der Waals surface area contributed by atoms with Crippen molar-refractivity contribution in [3.8, 4) is 11.5 Å². The second-order valence-corrected chi connectivity index (χ2v) is 5.34. The molecule has 2 heterocycles. The Bertz CT molecular complexity index is 762. The molecule has 6 heteroatoms. The predicted octanol–water partition coefficient (Wildman–Crippen LogP) is 3.11. The first kappa shape index (κ1) is 14.3. The minimum Gasteiger partial charge on any atom is -0.493 e. The monoisotopic (exact) mass is 315 g/mol. The van der Waals surface area contributed by atoms with E-state index in [-0.39, 0.29) is 5.70 Å². The smallest absolute Gasteiger partial charge is 0.363 e. The molecule has 0 aliphatic carbocycles. The van der Waals surface area contributed by atoms with E-state index in [0.717, 1.165) is 4.88 Å². The molecule has 0 atom stereocenters. The van der Waals surface area contributed by atoms with Crippen LogP contribution in [-0.4, -0.2) is 26.1 Å². The fourth-order valence-electron chi connectivity index (χ4n) is 2.09. The van der Waals surface area contributed by atoms with E-state index in [1.165, 1.54) is 11.3 Å². The third-order valence-electron chi connectivity index (χ3n) is 3.08. The van der Waals surface area contributed by atoms with E-state index in [0.29, 0.717) is 23.0 Å². The van der Waals surface area contributed by atoms with Gasteiger partial charge >= 0.3 is 5.97 Å². The lowest BCUT2D eigenvalue weighted by molar-refractivity contribution is -0.129. The van der Waals surface area contributed by atoms with Crippen molar-refractivity contribution in [1.82, 2.24) is 0 Å². The molecule has 5 nitrogen and oxygen atoms in total. The van der Waals surface area contributed by atoms with E-state index >= 15 is 0 Å². The first-order valence-electron chi connectivity index (χ1n) is 6.50. The van der Waals surface area contributed by atoms with Crippen LogP contribution in [-0.2, 0) is 9.53 Å². The van der Waals surface area contributed by atoms with Gasteiger partial charge in [0.15, 0.2) is 17.2 Å². The number of hydrogen-bond donors (Lipinski definition) is 0. The van der Waals surface area contributed by atoms with Gasteiger partial charge in [0.2, 0.25) is 5.90 Å². The summed E-state index contributed by atoms with van der Waals surface area (Å²) in [5.74, 6) is 0.983. The van der Waals surface area contributed by atoms with Crippen LogP contribution in [0, 0.1) is 0 Å². The van der Waals surface area contributed by atoms with Crippen molar-refractivity contribution in [2.24, 2.45) is 4.99 Å². The standard InChI is InChI=1S/C16H13NO4S/c1-19-12-6-3-5-10(14(12)20-2)9-11-16(18)21-15(17-11)13-7-4-8-22-13/h3-9H,1-2H3/b11-9-. The molecule has 0 amide bonds. The maximum atomic E-state index is 12.0. The zero-order valence-electron chi connectivity index (χ0n) is 12.0. The van der Waals surface area contributed by atoms with Gasteiger partial charge in [-0.3, -0.25) is 0 Å². The van der Waals surface area contributed by atoms with Crippen LogP contribution in [0.3, 0.4) is 0 Å². The number of carbonyl (C=O) groups excluding carboxylic acids is 1. The number of thiophene rings is 1. The van der Waals surface area contributed by atoms with Crippen LogP contribution in [0.15, 0.2) is 46.4 Å². The molecule has 0 saturated carbocycles. The van der Waals surface area contributed by atoms with E-state index in [2.05, 4.69) is 4.99 Å². The molecule has 1 aromatic carbocycles. The predicted molar refractivity (Wildman–Crippen MR) is 84.5 cm³/mol. The Hall–Kier alpha value is -2.60. The minimum absolute atomic E-state index is 0.231. The lowest BCUT2D eigenvalue weighted by Gasteiger charge is -2.09. The van der Waals surface area contributed by atoms with Crippen molar-refractivity contribution in [2.45, 2.75) is 0 Å². The van der Waals surface area contributed by atoms with Gasteiger partial charge in [-0.2, -0.15) is 0 Å². The molecule has 0 radical (unpaired) electrons. The van der Waals surface area contributed by atoms with Crippen LogP contribution < -0.4 is 9.47 Å². The summed E-state index contributed by atoms with van der Waals surface area (Å²) in [6, 6.07) is 9.15. The summed E-state index contributed by atoms with van der Waals surface area (Å²) in [7, 11) is 3.11. The quantitative estimate of drug-likeness (QED) is 0.642. The molecular formula is C16H13NO4S. The van der Waals surface area contributed by atoms with Gasteiger partial charge in [0, 0.05) is 5.56 Å². The van der Waals surface area contributed by atoms with Crippen molar-refractivity contribution in [3.63, 3.8) is 0 Å². The van der Waals surface area contributed by atoms with Crippen molar-refractivity contribution >= 4 is 29.3 Å². The normalized spacial score (nSPS) is 15.6. The van der Waals surface area contributed by atoms with Crippen molar-refractivity contribution in [2.75, 3.05) is 14.2 Å². The number of hydrogen-bond acceptors (Lipinski definition) is 6. The summed E-state index contributed by atoms with van der Waals surface area (Å²) in [4.78, 5) is 17.0. The molecule has 0 N–H and O–H groups in total. The summed E-state index contributed by atoms with van der Waals surface area (Å²) in [5.41, 5.74) is 0.930. The van der Waals surface area contributed by atoms with Gasteiger partial charge in [0.1, 0.15) is 0 Å². The lowest BCUT2D eigenvalue weighted by Crippen LogP contribution is -2.03. The summed E-state index contributed by atoms with van der Waals surface area (Å²) in [6.45, 7) is 0. The molecule has 1 aliphatic rings. The largest absolute Gasteiger partial charge is 0.493 e. The van der Waals surface area contributed by atoms with Gasteiger partial charge in [0.05, 0.1) is 19.1 Å². The summed E-state index contributed by atoms with van der Waals surface area (Å²) in [5, 5.41) is 1.90. The van der Waals surface area contributed by atoms with Crippen LogP contribution in [0.5, 0.6) is 11.5 Å². The zero-order valence-corrected chi connectivity index (χ0v) is 12.8. The number of rotatable bonds is 4. The molecular weight excluding hydrogens is 302 g/mol. The second-order valence-electron chi connectivity index (χ2n) is 4.40. The van der Waals surface area contributed by atoms with Crippen LogP contribution in [0.4, 0.5) is 0 Å². The van der Waals surface area contributed by atoms with Gasteiger partial charge in [-0.25, -0.2) is 9.79 Å². The van der Waals surface area contributed by atoms with Gasteiger partial charge in [0.25, 0.3) is 0 Å². The third-order valence-corrected chi connectivity index (χ3v) is 3.94. The number of para-hydroxylation sites is 1. The molecule has 0 saturated heterocycles. The molecule has 2 aromatic rings. The highest BCUT2D eigenvalue weighted by molar-refractivity contribution is 7.12. The van der Waals surface area contributed by atoms with E-state index in [4.69, 9.17) is 14.2 Å². The summed E-state index contributed by atoms with van der Waals surface area (Å²) < 4.78 is 15.8. The SMILES string of the molecule is COc1cccc(/C=C2\N=C(c3cccs3)OC2=O)c1OC. The molecule has 1 aliphatic heterocycles. The van der Waals surface area contributed by atoms with Crippen LogP contribution >= 0.6 is 11.3 Å². The third kappa shape index (κ3) is 2.60. The van der Waals surface area contributed by atoms with E-state index in [9.17, 15) is 4.79 Å². The molecule has 112 valence electrons. The first-order chi connectivity index (χ1) is 10.7. The van der Waals surface area contributed by atoms with E-state index in [1.807, 2.05) is 29.6 Å². The first-order valence-corrected chi connectivity index (χ1v) is 7.38. The molecule has 0 fully saturated rings. The van der Waals surface area contributed by atoms with Crippen LogP contribution in [0.1, 0.15) is 10.4 Å². The Balaban J connectivity index is 2.00. The van der Waals surface area contributed by atoms with E-state index < -0.39 is 5.97 Å². The Labute approximate surface area is 131 Å². The minimum atomic E-state index is -0.478. The van der Waals surface area contributed by atoms with Crippen molar-refractivity contribution in [1.29, 1.82) is 0 Å². The number of esters is 1. The van der Waals surface area contributed by atoms with Gasteiger partial charge in [-0.1, -0.05) is 18.2 Å². The summed E-state index contributed by atoms with van der Waals surface area (Å²) >= 11 is 1.46. The zero-order chi connectivity index (χ0) is 15.5. The number of methoxy groups -OCH3 is 2. The fraction of sp³-hybridized carbons (Fsp3) is 0.125. The molecule has 3 rings (SSSR count).